The number of amides is 1. The third-order valence-electron chi connectivity index (χ3n) is 9.32. The number of hydrogen-bond acceptors (Lipinski definition) is 6. The zero-order chi connectivity index (χ0) is 25.3. The van der Waals surface area contributed by atoms with Gasteiger partial charge in [-0.25, -0.2) is 0 Å². The highest BCUT2D eigenvalue weighted by Gasteiger charge is 2.81. The lowest BCUT2D eigenvalue weighted by Gasteiger charge is -2.71. The van der Waals surface area contributed by atoms with Crippen LogP contribution in [0.5, 0.6) is 0 Å². The quantitative estimate of drug-likeness (QED) is 0.500. The Morgan fingerprint density at radius 1 is 1.08 bits per heavy atom. The van der Waals surface area contributed by atoms with E-state index in [9.17, 15) is 9.59 Å². The van der Waals surface area contributed by atoms with Crippen molar-refractivity contribution in [3.63, 3.8) is 0 Å². The Morgan fingerprint density at radius 2 is 1.86 bits per heavy atom. The largest absolute Gasteiger partial charge is 0.469 e. The molecule has 8 nitrogen and oxygen atoms in total. The highest BCUT2D eigenvalue weighted by Crippen LogP contribution is 2.81. The van der Waals surface area contributed by atoms with E-state index in [2.05, 4.69) is 33.0 Å². The molecule has 1 aliphatic heterocycles. The molecule has 1 aromatic carbocycles. The summed E-state index contributed by atoms with van der Waals surface area (Å²) >= 11 is 0. The van der Waals surface area contributed by atoms with E-state index in [1.807, 2.05) is 30.6 Å². The number of anilines is 1. The minimum Gasteiger partial charge on any atom is -0.469 e. The van der Waals surface area contributed by atoms with Gasteiger partial charge in [0.2, 0.25) is 0 Å². The molecular weight excluding hydrogens is 468 g/mol. The molecule has 1 saturated heterocycles. The number of carbonyl (C=O) groups is 2. The van der Waals surface area contributed by atoms with Crippen LogP contribution in [0.2, 0.25) is 0 Å². The zero-order valence-corrected chi connectivity index (χ0v) is 21.2. The summed E-state index contributed by atoms with van der Waals surface area (Å²) in [6.07, 6.45) is 8.42. The number of methoxy groups -OCH3 is 1. The van der Waals surface area contributed by atoms with Gasteiger partial charge in [-0.1, -0.05) is 12.1 Å². The lowest BCUT2D eigenvalue weighted by atomic mass is 9.32. The fourth-order valence-corrected chi connectivity index (χ4v) is 7.20. The predicted molar refractivity (Wildman–Crippen MR) is 138 cm³/mol. The molecule has 8 rings (SSSR count). The van der Waals surface area contributed by atoms with Crippen LogP contribution >= 0.6 is 0 Å². The second-order valence-corrected chi connectivity index (χ2v) is 11.4. The number of esters is 1. The van der Waals surface area contributed by atoms with Gasteiger partial charge in [0.05, 0.1) is 60.9 Å². The summed E-state index contributed by atoms with van der Waals surface area (Å²) in [5.74, 6) is -0.124. The van der Waals surface area contributed by atoms with Crippen LogP contribution in [0.4, 0.5) is 5.69 Å². The van der Waals surface area contributed by atoms with Gasteiger partial charge in [-0.05, 0) is 61.8 Å². The van der Waals surface area contributed by atoms with Crippen molar-refractivity contribution in [1.82, 2.24) is 14.9 Å². The molecule has 37 heavy (non-hydrogen) atoms. The number of pyridine rings is 1. The molecular formula is C29H32N4O4. The fraction of sp³-hybridized carbons (Fsp3) is 0.483. The summed E-state index contributed by atoms with van der Waals surface area (Å²) in [5.41, 5.74) is 3.25. The molecule has 8 heteroatoms. The van der Waals surface area contributed by atoms with Crippen LogP contribution < -0.4 is 10.2 Å². The van der Waals surface area contributed by atoms with Gasteiger partial charge >= 0.3 is 5.97 Å². The second-order valence-electron chi connectivity index (χ2n) is 11.4. The molecule has 3 heterocycles. The maximum atomic E-state index is 13.7. The Balaban J connectivity index is 1.10. The van der Waals surface area contributed by atoms with Gasteiger partial charge in [-0.3, -0.25) is 14.6 Å². The Bertz CT molecular complexity index is 1360. The topological polar surface area (TPSA) is 85.7 Å². The fourth-order valence-electron chi connectivity index (χ4n) is 7.20. The van der Waals surface area contributed by atoms with Gasteiger partial charge in [0, 0.05) is 30.2 Å². The molecule has 2 aromatic heterocycles. The Labute approximate surface area is 215 Å². The predicted octanol–water partition coefficient (Wildman–Crippen LogP) is 3.53. The molecule has 4 saturated carbocycles. The van der Waals surface area contributed by atoms with E-state index in [4.69, 9.17) is 14.5 Å². The third-order valence-corrected chi connectivity index (χ3v) is 9.32. The number of hydrogen-bond donors (Lipinski definition) is 1. The van der Waals surface area contributed by atoms with Crippen molar-refractivity contribution in [2.45, 2.75) is 44.2 Å². The van der Waals surface area contributed by atoms with E-state index in [0.717, 1.165) is 80.7 Å². The van der Waals surface area contributed by atoms with Crippen molar-refractivity contribution >= 4 is 28.5 Å². The van der Waals surface area contributed by atoms with E-state index in [-0.39, 0.29) is 28.2 Å². The SMILES string of the molecule is COC(=O)C12CC(C3(NC(=O)c4cccc5ccn(Cc6ccc(N7CCOCC7)cn6)c45)CC3)(C1)C2. The first-order valence-electron chi connectivity index (χ1n) is 13.2. The molecule has 1 amide bonds. The number of rotatable bonds is 7. The Kier molecular flexibility index (Phi) is 4.96. The molecule has 5 aliphatic rings. The summed E-state index contributed by atoms with van der Waals surface area (Å²) in [5, 5.41) is 4.46. The molecule has 3 aromatic rings. The van der Waals surface area contributed by atoms with E-state index in [1.54, 1.807) is 0 Å². The van der Waals surface area contributed by atoms with Gasteiger partial charge in [-0.2, -0.15) is 0 Å². The molecule has 2 bridgehead atoms. The highest BCUT2D eigenvalue weighted by molar-refractivity contribution is 6.06. The van der Waals surface area contributed by atoms with Crippen LogP contribution in [0.15, 0.2) is 48.8 Å². The lowest BCUT2D eigenvalue weighted by Crippen LogP contribution is -2.73. The molecule has 0 unspecified atom stereocenters. The van der Waals surface area contributed by atoms with Crippen LogP contribution in [0, 0.1) is 10.8 Å². The monoisotopic (exact) mass is 500 g/mol. The molecule has 192 valence electrons. The molecule has 4 aliphatic carbocycles. The summed E-state index contributed by atoms with van der Waals surface area (Å²) in [6.45, 7) is 3.85. The number of benzene rings is 1. The van der Waals surface area contributed by atoms with Gasteiger partial charge < -0.3 is 24.3 Å². The number of aromatic nitrogens is 2. The zero-order valence-electron chi connectivity index (χ0n) is 21.2. The second kappa shape index (κ2) is 8.05. The molecule has 1 N–H and O–H groups in total. The maximum absolute atomic E-state index is 13.7. The minimum atomic E-state index is -0.298. The standard InChI is InChI=1S/C29H32N4O4/c1-36-26(35)27-17-28(18-27,19-27)29(8-9-29)31-25(34)23-4-2-3-20-7-10-33(24(20)23)16-21-5-6-22(15-30-21)32-11-13-37-14-12-32/h2-7,10,15H,8-9,11-14,16-19H2,1H3,(H,31,34). The molecule has 0 atom stereocenters. The van der Waals surface area contributed by atoms with Crippen LogP contribution in [0.3, 0.4) is 0 Å². The first-order chi connectivity index (χ1) is 18.0. The number of fused-ring (bicyclic) bond motifs is 1. The van der Waals surface area contributed by atoms with Crippen molar-refractivity contribution in [3.05, 3.63) is 60.0 Å². The average Bonchev–Trinajstić information content (AvgIpc) is 3.53. The van der Waals surface area contributed by atoms with Gasteiger partial charge in [-0.15, -0.1) is 0 Å². The van der Waals surface area contributed by atoms with Crippen molar-refractivity contribution in [3.8, 4) is 0 Å². The number of para-hydroxylation sites is 1. The third kappa shape index (κ3) is 3.41. The smallest absolute Gasteiger partial charge is 0.311 e. The molecule has 5 fully saturated rings. The van der Waals surface area contributed by atoms with Crippen LogP contribution in [0.1, 0.15) is 48.2 Å². The van der Waals surface area contributed by atoms with Crippen molar-refractivity contribution < 1.29 is 19.1 Å². The van der Waals surface area contributed by atoms with E-state index >= 15 is 0 Å². The van der Waals surface area contributed by atoms with Crippen molar-refractivity contribution in [1.29, 1.82) is 0 Å². The van der Waals surface area contributed by atoms with Crippen LogP contribution in [0.25, 0.3) is 10.9 Å². The van der Waals surface area contributed by atoms with E-state index in [0.29, 0.717) is 12.1 Å². The summed E-state index contributed by atoms with van der Waals surface area (Å²) < 4.78 is 12.6. The van der Waals surface area contributed by atoms with Gasteiger partial charge in [0.15, 0.2) is 0 Å². The van der Waals surface area contributed by atoms with E-state index < -0.39 is 0 Å². The van der Waals surface area contributed by atoms with Crippen molar-refractivity contribution in [2.24, 2.45) is 10.8 Å². The Morgan fingerprint density at radius 3 is 2.54 bits per heavy atom. The van der Waals surface area contributed by atoms with E-state index in [1.165, 1.54) is 7.11 Å². The first-order valence-corrected chi connectivity index (χ1v) is 13.2. The maximum Gasteiger partial charge on any atom is 0.311 e. The first kappa shape index (κ1) is 22.8. The summed E-state index contributed by atoms with van der Waals surface area (Å²) in [7, 11) is 1.47. The van der Waals surface area contributed by atoms with Crippen LogP contribution in [-0.4, -0.2) is 60.4 Å². The lowest BCUT2D eigenvalue weighted by molar-refractivity contribution is -0.239. The number of ether oxygens (including phenoxy) is 2. The molecule has 0 spiro atoms. The summed E-state index contributed by atoms with van der Waals surface area (Å²) in [4.78, 5) is 32.8. The average molecular weight is 501 g/mol. The van der Waals surface area contributed by atoms with Crippen molar-refractivity contribution in [2.75, 3.05) is 38.3 Å². The Hall–Kier alpha value is -3.39. The summed E-state index contributed by atoms with van der Waals surface area (Å²) in [6, 6.07) is 12.2. The number of nitrogens with one attached hydrogen (secondary N) is 1. The molecule has 0 radical (unpaired) electrons. The normalized spacial score (nSPS) is 27.2. The number of carbonyl (C=O) groups excluding carboxylic acids is 2. The van der Waals surface area contributed by atoms with Gasteiger partial charge in [0.1, 0.15) is 0 Å². The minimum absolute atomic E-state index is 0.0319. The highest BCUT2D eigenvalue weighted by atomic mass is 16.5. The van der Waals surface area contributed by atoms with Crippen LogP contribution in [-0.2, 0) is 20.8 Å². The van der Waals surface area contributed by atoms with Gasteiger partial charge in [0.25, 0.3) is 5.91 Å². The number of morpholine rings is 1. The number of nitrogens with zero attached hydrogens (tertiary/aromatic N) is 3.